The largest absolute Gasteiger partial charge is 0.465 e. The third-order valence-corrected chi connectivity index (χ3v) is 5.04. The summed E-state index contributed by atoms with van der Waals surface area (Å²) in [6, 6.07) is 7.78. The second-order valence-electron chi connectivity index (χ2n) is 7.37. The Morgan fingerprint density at radius 1 is 1.26 bits per heavy atom. The number of H-pyrrole nitrogens is 1. The number of para-hydroxylation sites is 1. The molecule has 0 spiro atoms. The number of nitrogens with one attached hydrogen (secondary N) is 1. The number of aliphatic hydroxyl groups is 2. The highest BCUT2D eigenvalue weighted by Crippen LogP contribution is 2.28. The maximum Gasteiger partial charge on any atom is 0.347 e. The predicted octanol–water partition coefficient (Wildman–Crippen LogP) is -1.42. The third-order valence-electron chi connectivity index (χ3n) is 5.04. The molecule has 3 N–H and O–H groups in total. The summed E-state index contributed by atoms with van der Waals surface area (Å²) in [5, 5.41) is 26.7. The van der Waals surface area contributed by atoms with Gasteiger partial charge in [-0.3, -0.25) is 14.6 Å². The second kappa shape index (κ2) is 11.3. The van der Waals surface area contributed by atoms with Gasteiger partial charge in [0.25, 0.3) is 5.56 Å². The molecule has 1 aromatic carbocycles. The predicted molar refractivity (Wildman–Crippen MR) is 114 cm³/mol. The number of rotatable bonds is 10. The maximum atomic E-state index is 12.2. The van der Waals surface area contributed by atoms with Crippen LogP contribution < -0.4 is 16.1 Å². The molecule has 5 atom stereocenters. The first-order valence-electron chi connectivity index (χ1n) is 10.5. The van der Waals surface area contributed by atoms with Gasteiger partial charge in [-0.1, -0.05) is 18.2 Å². The molecule has 14 heteroatoms. The van der Waals surface area contributed by atoms with Gasteiger partial charge >= 0.3 is 11.7 Å². The molecule has 0 amide bonds. The molecule has 186 valence electrons. The second-order valence-corrected chi connectivity index (χ2v) is 7.37. The van der Waals surface area contributed by atoms with Crippen molar-refractivity contribution in [1.82, 2.24) is 25.1 Å². The van der Waals surface area contributed by atoms with Crippen molar-refractivity contribution in [3.05, 3.63) is 57.4 Å². The number of aliphatic hydroxyl groups excluding tert-OH is 2. The van der Waals surface area contributed by atoms with Gasteiger partial charge in [0.05, 0.1) is 11.9 Å². The lowest BCUT2D eigenvalue weighted by atomic mass is 10.1. The molecule has 1 aliphatic heterocycles. The summed E-state index contributed by atoms with van der Waals surface area (Å²) in [6.45, 7) is 3.11. The fourth-order valence-electron chi connectivity index (χ4n) is 3.06. The molecule has 3 unspecified atom stereocenters. The van der Waals surface area contributed by atoms with Crippen molar-refractivity contribution < 1.29 is 34.2 Å². The van der Waals surface area contributed by atoms with Crippen LogP contribution in [0.15, 0.2) is 46.1 Å². The number of hydrogen-bond acceptors (Lipinski definition) is 12. The number of carbonyl (C=O) groups excluding carboxylic acids is 1. The van der Waals surface area contributed by atoms with Gasteiger partial charge in [0.1, 0.15) is 37.2 Å². The van der Waals surface area contributed by atoms with Crippen LogP contribution in [0.2, 0.25) is 0 Å². The Balaban J connectivity index is 1.73. The van der Waals surface area contributed by atoms with Crippen molar-refractivity contribution in [2.45, 2.75) is 44.4 Å². The first-order valence-corrected chi connectivity index (χ1v) is 10.5. The Hall–Kier alpha value is -3.14. The summed E-state index contributed by atoms with van der Waals surface area (Å²) in [4.78, 5) is 48.8. The van der Waals surface area contributed by atoms with E-state index in [1.165, 1.54) is 12.1 Å². The summed E-state index contributed by atoms with van der Waals surface area (Å²) in [6.07, 6.45) is -4.64. The van der Waals surface area contributed by atoms with Gasteiger partial charge in [-0.25, -0.2) is 9.63 Å². The number of likely N-dealkylation sites (N-methyl/N-ethyl adjacent to an activating group) is 1. The average molecular weight is 481 g/mol. The van der Waals surface area contributed by atoms with Crippen molar-refractivity contribution >= 4 is 5.97 Å². The Bertz CT molecular complexity index is 1060. The van der Waals surface area contributed by atoms with Crippen LogP contribution in [0.5, 0.6) is 5.75 Å². The van der Waals surface area contributed by atoms with Crippen LogP contribution in [0.3, 0.4) is 0 Å². The fraction of sp³-hybridized carbons (Fsp3) is 0.500. The Labute approximate surface area is 193 Å². The van der Waals surface area contributed by atoms with Crippen molar-refractivity contribution in [2.24, 2.45) is 0 Å². The molecular weight excluding hydrogens is 454 g/mol. The SMILES string of the molecule is CCOC(=O)C(C)N(C)N(OCC1OC(n2ncc(=O)[nH]c2=O)[C@H](O)[C@@H]1O)Oc1ccccc1. The fourth-order valence-corrected chi connectivity index (χ4v) is 3.06. The monoisotopic (exact) mass is 481 g/mol. The number of benzene rings is 1. The molecule has 1 saturated heterocycles. The van der Waals surface area contributed by atoms with Crippen LogP contribution in [0.25, 0.3) is 0 Å². The smallest absolute Gasteiger partial charge is 0.347 e. The molecule has 2 aromatic rings. The first kappa shape index (κ1) is 25.5. The summed E-state index contributed by atoms with van der Waals surface area (Å²) >= 11 is 0. The molecule has 1 fully saturated rings. The maximum absolute atomic E-state index is 12.2. The van der Waals surface area contributed by atoms with Gasteiger partial charge in [-0.15, -0.1) is 0 Å². The molecule has 3 rings (SSSR count). The van der Waals surface area contributed by atoms with Crippen molar-refractivity contribution in [3.8, 4) is 5.75 Å². The van der Waals surface area contributed by atoms with Gasteiger partial charge in [-0.05, 0) is 26.0 Å². The summed E-state index contributed by atoms with van der Waals surface area (Å²) < 4.78 is 11.3. The topological polar surface area (TPSA) is 169 Å². The molecule has 0 bridgehead atoms. The zero-order valence-corrected chi connectivity index (χ0v) is 18.8. The summed E-state index contributed by atoms with van der Waals surface area (Å²) in [5.74, 6) is -0.133. The highest BCUT2D eigenvalue weighted by atomic mass is 17.0. The minimum atomic E-state index is -1.54. The number of hydrogen-bond donors (Lipinski definition) is 3. The lowest BCUT2D eigenvalue weighted by Gasteiger charge is -2.32. The number of aromatic amines is 1. The standard InChI is InChI=1S/C20H27N5O9/c1-4-31-19(29)12(2)23(3)25(34-13-8-6-5-7-9-13)32-11-14-16(27)17(28)18(33-14)24-20(30)22-15(26)10-21-24/h5-10,12,14,16-18,27-28H,4,11H2,1-3H3,(H,22,26,30)/t12?,14?,16-,17-,18?/m1/s1. The van der Waals surface area contributed by atoms with Gasteiger partial charge in [0.15, 0.2) is 12.0 Å². The molecule has 0 saturated carbocycles. The highest BCUT2D eigenvalue weighted by molar-refractivity contribution is 5.75. The molecule has 34 heavy (non-hydrogen) atoms. The van der Waals surface area contributed by atoms with E-state index < -0.39 is 47.8 Å². The van der Waals surface area contributed by atoms with Crippen molar-refractivity contribution in [2.75, 3.05) is 20.3 Å². The van der Waals surface area contributed by atoms with Crippen LogP contribution >= 0.6 is 0 Å². The van der Waals surface area contributed by atoms with E-state index in [4.69, 9.17) is 19.1 Å². The molecule has 0 radical (unpaired) electrons. The average Bonchev–Trinajstić information content (AvgIpc) is 3.10. The minimum absolute atomic E-state index is 0.191. The number of hydrazine groups is 1. The lowest BCUT2D eigenvalue weighted by molar-refractivity contribution is -0.426. The van der Waals surface area contributed by atoms with Crippen LogP contribution in [0.1, 0.15) is 20.1 Å². The molecule has 14 nitrogen and oxygen atoms in total. The van der Waals surface area contributed by atoms with E-state index >= 15 is 0 Å². The number of nitrogens with zero attached hydrogens (tertiary/aromatic N) is 4. The van der Waals surface area contributed by atoms with Gasteiger partial charge < -0.3 is 24.5 Å². The van der Waals surface area contributed by atoms with Gasteiger partial charge in [-0.2, -0.15) is 14.8 Å². The normalized spacial score (nSPS) is 23.3. The third kappa shape index (κ3) is 5.85. The highest BCUT2D eigenvalue weighted by Gasteiger charge is 2.45. The number of carbonyl (C=O) groups is 1. The Morgan fingerprint density at radius 2 is 1.97 bits per heavy atom. The van der Waals surface area contributed by atoms with Crippen LogP contribution in [0, 0.1) is 0 Å². The van der Waals surface area contributed by atoms with E-state index in [0.717, 1.165) is 11.5 Å². The zero-order chi connectivity index (χ0) is 24.8. The number of ether oxygens (including phenoxy) is 2. The minimum Gasteiger partial charge on any atom is -0.465 e. The van der Waals surface area contributed by atoms with E-state index in [9.17, 15) is 24.6 Å². The van der Waals surface area contributed by atoms with Crippen LogP contribution in [0.4, 0.5) is 0 Å². The first-order chi connectivity index (χ1) is 16.2. The Morgan fingerprint density at radius 3 is 2.62 bits per heavy atom. The summed E-state index contributed by atoms with van der Waals surface area (Å²) in [5.41, 5.74) is -1.64. The number of aromatic nitrogens is 3. The van der Waals surface area contributed by atoms with E-state index in [-0.39, 0.29) is 13.2 Å². The molecule has 0 aliphatic carbocycles. The van der Waals surface area contributed by atoms with Crippen LogP contribution in [-0.4, -0.2) is 85.9 Å². The number of esters is 1. The van der Waals surface area contributed by atoms with E-state index in [0.29, 0.717) is 10.4 Å². The molecule has 1 aliphatic rings. The van der Waals surface area contributed by atoms with Crippen molar-refractivity contribution in [3.63, 3.8) is 0 Å². The van der Waals surface area contributed by atoms with Gasteiger partial charge in [0.2, 0.25) is 0 Å². The lowest BCUT2D eigenvalue weighted by Crippen LogP contribution is -2.51. The van der Waals surface area contributed by atoms with Crippen LogP contribution in [-0.2, 0) is 19.1 Å². The molecule has 1 aromatic heterocycles. The van der Waals surface area contributed by atoms with E-state index in [1.54, 1.807) is 44.2 Å². The Kier molecular flexibility index (Phi) is 8.49. The van der Waals surface area contributed by atoms with Crippen molar-refractivity contribution in [1.29, 1.82) is 0 Å². The quantitative estimate of drug-likeness (QED) is 0.268. The molecule has 2 heterocycles. The molecular formula is C20H27N5O9. The van der Waals surface area contributed by atoms with E-state index in [1.807, 2.05) is 4.98 Å². The zero-order valence-electron chi connectivity index (χ0n) is 18.8. The summed E-state index contributed by atoms with van der Waals surface area (Å²) in [7, 11) is 1.53. The van der Waals surface area contributed by atoms with E-state index in [2.05, 4.69) is 5.10 Å². The van der Waals surface area contributed by atoms with Gasteiger partial charge in [0, 0.05) is 7.05 Å².